The zero-order valence-corrected chi connectivity index (χ0v) is 22.7. The fourth-order valence-corrected chi connectivity index (χ4v) is 10.1. The number of hydrogen-bond acceptors (Lipinski definition) is 4. The molecule has 0 aromatic carbocycles. The SMILES string of the molecule is C=C(CCC1CCC[C@H](C2CC2)N1S(=C)(=O)C12C=CC(C)=CC1C2)N1CCN(c2ccccn2)CC1. The van der Waals surface area contributed by atoms with E-state index in [-0.39, 0.29) is 4.75 Å². The van der Waals surface area contributed by atoms with E-state index < -0.39 is 9.71 Å². The summed E-state index contributed by atoms with van der Waals surface area (Å²) in [6, 6.07) is 6.91. The average molecular weight is 507 g/mol. The molecule has 0 spiro atoms. The summed E-state index contributed by atoms with van der Waals surface area (Å²) in [6.07, 6.45) is 17.8. The minimum absolute atomic E-state index is 0.242. The van der Waals surface area contributed by atoms with Crippen LogP contribution in [-0.4, -0.2) is 67.3 Å². The molecule has 5 aliphatic rings. The fourth-order valence-electron chi connectivity index (χ4n) is 7.02. The van der Waals surface area contributed by atoms with E-state index in [0.29, 0.717) is 18.0 Å². The largest absolute Gasteiger partial charge is 0.372 e. The molecule has 0 amide bonds. The molecule has 1 aromatic heterocycles. The number of piperidine rings is 1. The molecule has 2 saturated heterocycles. The lowest BCUT2D eigenvalue weighted by atomic mass is 9.92. The third-order valence-corrected chi connectivity index (χ3v) is 12.4. The van der Waals surface area contributed by atoms with Gasteiger partial charge in [-0.3, -0.25) is 4.21 Å². The van der Waals surface area contributed by atoms with Crippen LogP contribution < -0.4 is 4.90 Å². The van der Waals surface area contributed by atoms with Crippen LogP contribution in [0.25, 0.3) is 0 Å². The predicted octanol–water partition coefficient (Wildman–Crippen LogP) is 5.04. The summed E-state index contributed by atoms with van der Waals surface area (Å²) in [5.41, 5.74) is 2.54. The van der Waals surface area contributed by atoms with E-state index in [4.69, 9.17) is 0 Å². The monoisotopic (exact) mass is 506 g/mol. The number of piperazine rings is 1. The van der Waals surface area contributed by atoms with Gasteiger partial charge in [0.2, 0.25) is 0 Å². The Morgan fingerprint density at radius 1 is 1.17 bits per heavy atom. The second kappa shape index (κ2) is 9.36. The average Bonchev–Trinajstić information content (AvgIpc) is 3.82. The van der Waals surface area contributed by atoms with Crippen LogP contribution in [-0.2, 0) is 9.71 Å². The second-order valence-electron chi connectivity index (χ2n) is 11.8. The van der Waals surface area contributed by atoms with Gasteiger partial charge in [0.15, 0.2) is 0 Å². The van der Waals surface area contributed by atoms with Crippen molar-refractivity contribution >= 4 is 21.4 Å². The maximum Gasteiger partial charge on any atom is 0.128 e. The van der Waals surface area contributed by atoms with Crippen molar-refractivity contribution in [1.29, 1.82) is 0 Å². The molecule has 2 saturated carbocycles. The van der Waals surface area contributed by atoms with Crippen LogP contribution in [0.3, 0.4) is 0 Å². The van der Waals surface area contributed by atoms with Crippen molar-refractivity contribution in [2.45, 2.75) is 75.1 Å². The van der Waals surface area contributed by atoms with Crippen molar-refractivity contribution in [2.24, 2.45) is 11.8 Å². The molecule has 5 atom stereocenters. The second-order valence-corrected chi connectivity index (χ2v) is 14.2. The van der Waals surface area contributed by atoms with Gasteiger partial charge in [0, 0.05) is 65.8 Å². The molecule has 6 heteroatoms. The van der Waals surface area contributed by atoms with Crippen molar-refractivity contribution < 1.29 is 4.21 Å². The number of nitrogens with zero attached hydrogens (tertiary/aromatic N) is 4. The number of hydrogen-bond donors (Lipinski definition) is 0. The lowest BCUT2D eigenvalue weighted by molar-refractivity contribution is 0.158. The summed E-state index contributed by atoms with van der Waals surface area (Å²) in [6.45, 7) is 10.6. The van der Waals surface area contributed by atoms with Crippen LogP contribution in [0.15, 0.2) is 60.5 Å². The maximum atomic E-state index is 14.7. The highest BCUT2D eigenvalue weighted by molar-refractivity contribution is 8.00. The molecule has 3 heterocycles. The third kappa shape index (κ3) is 4.34. The topological polar surface area (TPSA) is 39.7 Å². The van der Waals surface area contributed by atoms with Crippen molar-refractivity contribution in [2.75, 3.05) is 31.1 Å². The molecule has 194 valence electrons. The van der Waals surface area contributed by atoms with Gasteiger partial charge in [-0.1, -0.05) is 42.9 Å². The van der Waals surface area contributed by atoms with Crippen LogP contribution in [0.4, 0.5) is 5.82 Å². The number of aromatic nitrogens is 1. The Balaban J connectivity index is 1.12. The first-order valence-corrected chi connectivity index (χ1v) is 15.7. The van der Waals surface area contributed by atoms with Gasteiger partial charge in [-0.2, -0.15) is 0 Å². The Bertz CT molecular complexity index is 1150. The fraction of sp³-hybridized carbons (Fsp3) is 0.600. The quantitative estimate of drug-likeness (QED) is 0.463. The number of allylic oxidation sites excluding steroid dienone is 4. The Labute approximate surface area is 218 Å². The summed E-state index contributed by atoms with van der Waals surface area (Å²) in [4.78, 5) is 9.34. The van der Waals surface area contributed by atoms with Gasteiger partial charge in [-0.25, -0.2) is 9.29 Å². The Morgan fingerprint density at radius 3 is 2.67 bits per heavy atom. The first-order chi connectivity index (χ1) is 17.4. The van der Waals surface area contributed by atoms with Gasteiger partial charge in [-0.15, -0.1) is 0 Å². The standard InChI is InChI=1S/C30H42N4OS/c1-23-14-15-30(22-26(30)21-23)36(3,35)34-27(7-6-8-28(34)25-11-12-25)13-10-24(2)32-17-19-33(20-18-32)29-9-4-5-16-31-29/h4-5,9,14-16,21,25-28H,2-3,6-8,10-13,17-20,22H2,1H3/t26?,27?,28-,30?,36?/m1/s1. The summed E-state index contributed by atoms with van der Waals surface area (Å²) >= 11 is 0. The molecule has 4 unspecified atom stereocenters. The van der Waals surface area contributed by atoms with Crippen molar-refractivity contribution in [3.05, 3.63) is 60.5 Å². The van der Waals surface area contributed by atoms with Crippen molar-refractivity contribution in [3.8, 4) is 0 Å². The van der Waals surface area contributed by atoms with Gasteiger partial charge < -0.3 is 9.80 Å². The minimum atomic E-state index is -2.40. The van der Waals surface area contributed by atoms with Crippen LogP contribution in [0.5, 0.6) is 0 Å². The van der Waals surface area contributed by atoms with Gasteiger partial charge in [0.05, 0.1) is 4.75 Å². The Hall–Kier alpha value is -2.05. The molecule has 6 rings (SSSR count). The molecule has 0 radical (unpaired) electrons. The molecule has 0 N–H and O–H groups in total. The smallest absolute Gasteiger partial charge is 0.128 e. The molecule has 0 bridgehead atoms. The molecular weight excluding hydrogens is 464 g/mol. The van der Waals surface area contributed by atoms with E-state index in [9.17, 15) is 4.21 Å². The van der Waals surface area contributed by atoms with Gasteiger partial charge in [0.25, 0.3) is 0 Å². The van der Waals surface area contributed by atoms with Crippen LogP contribution in [0.1, 0.15) is 58.3 Å². The number of anilines is 1. The van der Waals surface area contributed by atoms with E-state index in [2.05, 4.69) is 68.8 Å². The van der Waals surface area contributed by atoms with Crippen molar-refractivity contribution in [1.82, 2.24) is 14.2 Å². The highest BCUT2D eigenvalue weighted by Crippen LogP contribution is 2.58. The molecular formula is C30H42N4OS. The molecule has 2 aliphatic heterocycles. The number of fused-ring (bicyclic) bond motifs is 1. The lowest BCUT2D eigenvalue weighted by Gasteiger charge is -2.47. The zero-order chi connectivity index (χ0) is 24.9. The van der Waals surface area contributed by atoms with E-state index in [1.807, 2.05) is 12.3 Å². The summed E-state index contributed by atoms with van der Waals surface area (Å²) < 4.78 is 17.0. The molecule has 3 aliphatic carbocycles. The van der Waals surface area contributed by atoms with Crippen LogP contribution in [0, 0.1) is 11.8 Å². The molecule has 4 fully saturated rings. The maximum absolute atomic E-state index is 14.7. The normalized spacial score (nSPS) is 34.0. The van der Waals surface area contributed by atoms with Crippen LogP contribution in [0.2, 0.25) is 0 Å². The molecule has 1 aromatic rings. The highest BCUT2D eigenvalue weighted by Gasteiger charge is 2.62. The highest BCUT2D eigenvalue weighted by atomic mass is 32.2. The van der Waals surface area contributed by atoms with Gasteiger partial charge >= 0.3 is 0 Å². The Kier molecular flexibility index (Phi) is 6.32. The number of rotatable bonds is 8. The summed E-state index contributed by atoms with van der Waals surface area (Å²) in [5, 5.41) is 0. The third-order valence-electron chi connectivity index (χ3n) is 9.39. The first-order valence-electron chi connectivity index (χ1n) is 14.0. The number of pyridine rings is 1. The van der Waals surface area contributed by atoms with Gasteiger partial charge in [-0.05, 0) is 75.8 Å². The van der Waals surface area contributed by atoms with E-state index in [1.54, 1.807) is 0 Å². The molecule has 5 nitrogen and oxygen atoms in total. The van der Waals surface area contributed by atoms with E-state index in [0.717, 1.165) is 63.6 Å². The predicted molar refractivity (Wildman–Crippen MR) is 151 cm³/mol. The zero-order valence-electron chi connectivity index (χ0n) is 21.9. The summed E-state index contributed by atoms with van der Waals surface area (Å²) in [7, 11) is -2.40. The van der Waals surface area contributed by atoms with E-state index >= 15 is 0 Å². The first kappa shape index (κ1) is 24.3. The minimum Gasteiger partial charge on any atom is -0.372 e. The lowest BCUT2D eigenvalue weighted by Crippen LogP contribution is -2.54. The summed E-state index contributed by atoms with van der Waals surface area (Å²) in [5.74, 6) is 6.74. The van der Waals surface area contributed by atoms with Crippen LogP contribution >= 0.6 is 0 Å². The van der Waals surface area contributed by atoms with Crippen molar-refractivity contribution in [3.63, 3.8) is 0 Å². The van der Waals surface area contributed by atoms with Gasteiger partial charge in [0.1, 0.15) is 5.82 Å². The molecule has 36 heavy (non-hydrogen) atoms. The van der Waals surface area contributed by atoms with E-state index in [1.165, 1.54) is 37.0 Å². The Morgan fingerprint density at radius 2 is 1.97 bits per heavy atom.